The summed E-state index contributed by atoms with van der Waals surface area (Å²) in [7, 11) is 0. The van der Waals surface area contributed by atoms with Crippen molar-refractivity contribution < 1.29 is 13.2 Å². The van der Waals surface area contributed by atoms with Gasteiger partial charge >= 0.3 is 6.18 Å². The number of aryl methyl sites for hydroxylation is 1. The van der Waals surface area contributed by atoms with Gasteiger partial charge in [0, 0.05) is 11.5 Å². The molecule has 0 aromatic carbocycles. The van der Waals surface area contributed by atoms with E-state index in [1.165, 1.54) is 13.0 Å². The minimum atomic E-state index is -4.30. The van der Waals surface area contributed by atoms with Crippen molar-refractivity contribution in [3.8, 4) is 0 Å². The molecule has 0 amide bonds. The maximum absolute atomic E-state index is 12.2. The zero-order chi connectivity index (χ0) is 10.1. The lowest BCUT2D eigenvalue weighted by atomic mass is 10.1. The summed E-state index contributed by atoms with van der Waals surface area (Å²) in [5, 5.41) is 0.464. The number of hydrogen-bond donors (Lipinski definition) is 0. The average molecular weight is 335 g/mol. The summed E-state index contributed by atoms with van der Waals surface area (Å²) in [6.07, 6.45) is -3.44. The Morgan fingerprint density at radius 2 is 2.00 bits per heavy atom. The topological polar surface area (TPSA) is 12.9 Å². The average Bonchev–Trinajstić information content (AvgIpc) is 2.01. The molecule has 1 rings (SSSR count). The lowest BCUT2D eigenvalue weighted by Crippen LogP contribution is -2.08. The van der Waals surface area contributed by atoms with E-state index >= 15 is 0 Å². The first-order chi connectivity index (χ1) is 5.95. The van der Waals surface area contributed by atoms with E-state index < -0.39 is 11.7 Å². The monoisotopic (exact) mass is 333 g/mol. The maximum atomic E-state index is 12.2. The second kappa shape index (κ2) is 5.11. The predicted molar refractivity (Wildman–Crippen MR) is 56.9 cm³/mol. The molecule has 0 bridgehead atoms. The van der Waals surface area contributed by atoms with Crippen LogP contribution in [-0.2, 0) is 11.5 Å². The molecule has 0 saturated carbocycles. The molecular weight excluding hydrogens is 327 g/mol. The number of hydrogen-bond acceptors (Lipinski definition) is 1. The molecule has 0 atom stereocenters. The number of alkyl halides is 4. The van der Waals surface area contributed by atoms with E-state index in [2.05, 4.69) is 20.9 Å². The first-order valence-corrected chi connectivity index (χ1v) is 4.66. The number of aromatic nitrogens is 1. The number of pyridine rings is 1. The van der Waals surface area contributed by atoms with Crippen LogP contribution in [0.4, 0.5) is 13.2 Å². The van der Waals surface area contributed by atoms with Gasteiger partial charge in [0.1, 0.15) is 0 Å². The zero-order valence-corrected chi connectivity index (χ0v) is 10.5. The normalized spacial score (nSPS) is 10.9. The second-order valence-electron chi connectivity index (χ2n) is 2.62. The third-order valence-corrected chi connectivity index (χ3v) is 2.18. The van der Waals surface area contributed by atoms with Crippen LogP contribution in [0.2, 0.25) is 0 Å². The molecule has 6 heteroatoms. The highest BCUT2D eigenvalue weighted by atomic mass is 79.9. The summed E-state index contributed by atoms with van der Waals surface area (Å²) in [5.41, 5.74) is 0.139. The van der Waals surface area contributed by atoms with Gasteiger partial charge in [0.2, 0.25) is 0 Å². The van der Waals surface area contributed by atoms with E-state index in [9.17, 15) is 13.2 Å². The Hall–Kier alpha value is -0.100. The Morgan fingerprint density at radius 3 is 2.36 bits per heavy atom. The van der Waals surface area contributed by atoms with Gasteiger partial charge in [-0.15, -0.1) is 17.0 Å². The number of nitrogens with zero attached hydrogens (tertiary/aromatic N) is 1. The fourth-order valence-electron chi connectivity index (χ4n) is 0.984. The third-order valence-electron chi connectivity index (χ3n) is 1.61. The van der Waals surface area contributed by atoms with E-state index in [4.69, 9.17) is 0 Å². The molecule has 0 saturated heterocycles. The van der Waals surface area contributed by atoms with Crippen LogP contribution in [0.1, 0.15) is 16.8 Å². The molecule has 0 fully saturated rings. The van der Waals surface area contributed by atoms with Crippen LogP contribution < -0.4 is 0 Å². The van der Waals surface area contributed by atoms with Gasteiger partial charge in [-0.1, -0.05) is 15.9 Å². The van der Waals surface area contributed by atoms with Crippen LogP contribution in [0.15, 0.2) is 12.3 Å². The SMILES string of the molecule is Br.Cc1cc(CBr)ncc1C(F)(F)F. The summed E-state index contributed by atoms with van der Waals surface area (Å²) in [5.74, 6) is 0. The fourth-order valence-corrected chi connectivity index (χ4v) is 1.29. The molecule has 0 aliphatic rings. The van der Waals surface area contributed by atoms with Gasteiger partial charge in [-0.05, 0) is 18.6 Å². The van der Waals surface area contributed by atoms with E-state index in [1.54, 1.807) is 0 Å². The van der Waals surface area contributed by atoms with Gasteiger partial charge in [-0.3, -0.25) is 4.98 Å². The summed E-state index contributed by atoms with van der Waals surface area (Å²) in [4.78, 5) is 3.66. The van der Waals surface area contributed by atoms with Crippen molar-refractivity contribution in [2.45, 2.75) is 18.4 Å². The first-order valence-electron chi connectivity index (χ1n) is 3.54. The second-order valence-corrected chi connectivity index (χ2v) is 3.18. The molecule has 0 N–H and O–H groups in total. The molecule has 0 aliphatic carbocycles. The van der Waals surface area contributed by atoms with Gasteiger partial charge in [0.15, 0.2) is 0 Å². The third kappa shape index (κ3) is 3.24. The van der Waals surface area contributed by atoms with Crippen LogP contribution in [0.5, 0.6) is 0 Å². The van der Waals surface area contributed by atoms with Gasteiger partial charge < -0.3 is 0 Å². The van der Waals surface area contributed by atoms with E-state index in [0.717, 1.165) is 6.20 Å². The maximum Gasteiger partial charge on any atom is 0.418 e. The standard InChI is InChI=1S/C8H7BrF3N.BrH/c1-5-2-6(3-9)13-4-7(5)8(10,11)12;/h2,4H,3H2,1H3;1H. The lowest BCUT2D eigenvalue weighted by Gasteiger charge is -2.09. The summed E-state index contributed by atoms with van der Waals surface area (Å²) in [6.45, 7) is 1.43. The lowest BCUT2D eigenvalue weighted by molar-refractivity contribution is -0.138. The molecule has 1 aromatic heterocycles. The molecule has 0 spiro atoms. The Balaban J connectivity index is 0.00000169. The molecule has 1 heterocycles. The van der Waals surface area contributed by atoms with E-state index in [0.29, 0.717) is 11.0 Å². The quantitative estimate of drug-likeness (QED) is 0.710. The summed E-state index contributed by atoms with van der Waals surface area (Å²) >= 11 is 3.12. The molecule has 80 valence electrons. The minimum Gasteiger partial charge on any atom is -0.260 e. The highest BCUT2D eigenvalue weighted by molar-refractivity contribution is 9.08. The molecule has 14 heavy (non-hydrogen) atoms. The van der Waals surface area contributed by atoms with E-state index in [-0.39, 0.29) is 22.5 Å². The summed E-state index contributed by atoms with van der Waals surface area (Å²) in [6, 6.07) is 1.43. The fraction of sp³-hybridized carbons (Fsp3) is 0.375. The Kier molecular flexibility index (Phi) is 5.08. The number of halogens is 5. The van der Waals surface area contributed by atoms with Crippen LogP contribution in [0.3, 0.4) is 0 Å². The largest absolute Gasteiger partial charge is 0.418 e. The molecule has 1 nitrogen and oxygen atoms in total. The molecule has 0 aliphatic heterocycles. The molecule has 0 unspecified atom stereocenters. The highest BCUT2D eigenvalue weighted by Crippen LogP contribution is 2.31. The Labute approximate surface area is 98.6 Å². The van der Waals surface area contributed by atoms with Crippen molar-refractivity contribution in [3.63, 3.8) is 0 Å². The van der Waals surface area contributed by atoms with Crippen molar-refractivity contribution in [1.29, 1.82) is 0 Å². The van der Waals surface area contributed by atoms with Gasteiger partial charge in [-0.2, -0.15) is 13.2 Å². The van der Waals surface area contributed by atoms with Crippen LogP contribution >= 0.6 is 32.9 Å². The molecule has 1 aromatic rings. The van der Waals surface area contributed by atoms with E-state index in [1.807, 2.05) is 0 Å². The van der Waals surface area contributed by atoms with Gasteiger partial charge in [0.05, 0.1) is 11.3 Å². The molecule has 0 radical (unpaired) electrons. The van der Waals surface area contributed by atoms with Crippen molar-refractivity contribution in [2.24, 2.45) is 0 Å². The first kappa shape index (κ1) is 13.9. The zero-order valence-electron chi connectivity index (χ0n) is 7.23. The Morgan fingerprint density at radius 1 is 1.43 bits per heavy atom. The van der Waals surface area contributed by atoms with Crippen molar-refractivity contribution in [3.05, 3.63) is 29.1 Å². The van der Waals surface area contributed by atoms with Crippen LogP contribution in [-0.4, -0.2) is 4.98 Å². The van der Waals surface area contributed by atoms with Crippen molar-refractivity contribution in [2.75, 3.05) is 0 Å². The highest BCUT2D eigenvalue weighted by Gasteiger charge is 2.32. The smallest absolute Gasteiger partial charge is 0.260 e. The minimum absolute atomic E-state index is 0. The van der Waals surface area contributed by atoms with Crippen molar-refractivity contribution in [1.82, 2.24) is 4.98 Å². The van der Waals surface area contributed by atoms with Gasteiger partial charge in [0.25, 0.3) is 0 Å². The van der Waals surface area contributed by atoms with Crippen LogP contribution in [0.25, 0.3) is 0 Å². The number of rotatable bonds is 1. The molecular formula is C8H8Br2F3N. The predicted octanol–water partition coefficient (Wildman–Crippen LogP) is 3.88. The Bertz CT molecular complexity index is 312. The summed E-state index contributed by atoms with van der Waals surface area (Å²) < 4.78 is 36.7. The van der Waals surface area contributed by atoms with Crippen molar-refractivity contribution >= 4 is 32.9 Å². The van der Waals surface area contributed by atoms with Gasteiger partial charge in [-0.25, -0.2) is 0 Å². The van der Waals surface area contributed by atoms with Crippen LogP contribution in [0, 0.1) is 6.92 Å².